The summed E-state index contributed by atoms with van der Waals surface area (Å²) in [6.45, 7) is 0. The van der Waals surface area contributed by atoms with E-state index in [0.29, 0.717) is 6.42 Å². The lowest BCUT2D eigenvalue weighted by molar-refractivity contribution is 0.474. The molecule has 100 valence electrons. The normalized spacial score (nSPS) is 10.8. The zero-order chi connectivity index (χ0) is 14.1. The van der Waals surface area contributed by atoms with Crippen LogP contribution in [0.25, 0.3) is 10.8 Å². The number of hydrogen-bond acceptors (Lipinski definition) is 3. The molecule has 0 amide bonds. The minimum absolute atomic E-state index is 0.176. The van der Waals surface area contributed by atoms with Gasteiger partial charge in [0.25, 0.3) is 0 Å². The third kappa shape index (κ3) is 2.26. The Balaban J connectivity index is 2.09. The van der Waals surface area contributed by atoms with Crippen LogP contribution in [0.15, 0.2) is 54.6 Å². The molecular weight excluding hydrogens is 252 g/mol. The number of fused-ring (bicyclic) bond motifs is 1. The fourth-order valence-corrected chi connectivity index (χ4v) is 2.37. The van der Waals surface area contributed by atoms with Gasteiger partial charge >= 0.3 is 0 Å². The van der Waals surface area contributed by atoms with Gasteiger partial charge in [-0.15, -0.1) is 0 Å². The highest BCUT2D eigenvalue weighted by molar-refractivity contribution is 5.92. The van der Waals surface area contributed by atoms with Crippen molar-refractivity contribution in [2.24, 2.45) is 0 Å². The van der Waals surface area contributed by atoms with Gasteiger partial charge in [0.15, 0.2) is 0 Å². The highest BCUT2D eigenvalue weighted by atomic mass is 16.3. The molecule has 0 aliphatic heterocycles. The molecule has 3 N–H and O–H groups in total. The van der Waals surface area contributed by atoms with Crippen molar-refractivity contribution in [3.63, 3.8) is 0 Å². The van der Waals surface area contributed by atoms with Gasteiger partial charge in [0.05, 0.1) is 0 Å². The van der Waals surface area contributed by atoms with E-state index in [1.54, 1.807) is 36.4 Å². The molecule has 3 nitrogen and oxygen atoms in total. The average molecular weight is 266 g/mol. The third-order valence-electron chi connectivity index (χ3n) is 3.40. The monoisotopic (exact) mass is 266 g/mol. The number of phenolic OH excluding ortho intramolecular Hbond substituents is 3. The summed E-state index contributed by atoms with van der Waals surface area (Å²) in [7, 11) is 0. The van der Waals surface area contributed by atoms with Crippen LogP contribution in [0.1, 0.15) is 11.1 Å². The molecule has 3 rings (SSSR count). The van der Waals surface area contributed by atoms with Crippen LogP contribution in [-0.4, -0.2) is 15.3 Å². The van der Waals surface area contributed by atoms with Gasteiger partial charge in [0.2, 0.25) is 0 Å². The number of benzene rings is 3. The molecule has 3 aromatic rings. The lowest BCUT2D eigenvalue weighted by Crippen LogP contribution is -1.90. The Labute approximate surface area is 116 Å². The fraction of sp³-hybridized carbons (Fsp3) is 0.0588. The molecule has 3 aromatic carbocycles. The maximum absolute atomic E-state index is 9.87. The van der Waals surface area contributed by atoms with Crippen molar-refractivity contribution >= 4 is 10.8 Å². The average Bonchev–Trinajstić information content (AvgIpc) is 2.44. The molecule has 0 aromatic heterocycles. The molecule has 3 heteroatoms. The van der Waals surface area contributed by atoms with Crippen LogP contribution >= 0.6 is 0 Å². The zero-order valence-electron chi connectivity index (χ0n) is 10.7. The van der Waals surface area contributed by atoms with Gasteiger partial charge in [0, 0.05) is 5.39 Å². The van der Waals surface area contributed by atoms with Crippen LogP contribution in [0, 0.1) is 0 Å². The summed E-state index contributed by atoms with van der Waals surface area (Å²) in [5, 5.41) is 30.4. The van der Waals surface area contributed by atoms with Crippen LogP contribution in [0.4, 0.5) is 0 Å². The smallest absolute Gasteiger partial charge is 0.123 e. The maximum Gasteiger partial charge on any atom is 0.123 e. The predicted octanol–water partition coefficient (Wildman–Crippen LogP) is 3.55. The van der Waals surface area contributed by atoms with Crippen LogP contribution in [0.5, 0.6) is 17.2 Å². The third-order valence-corrected chi connectivity index (χ3v) is 3.40. The minimum Gasteiger partial charge on any atom is -0.508 e. The Morgan fingerprint density at radius 2 is 1.35 bits per heavy atom. The summed E-state index contributed by atoms with van der Waals surface area (Å²) >= 11 is 0. The van der Waals surface area contributed by atoms with E-state index in [1.807, 2.05) is 18.2 Å². The Morgan fingerprint density at radius 1 is 0.650 bits per heavy atom. The highest BCUT2D eigenvalue weighted by Gasteiger charge is 2.07. The lowest BCUT2D eigenvalue weighted by atomic mass is 9.97. The van der Waals surface area contributed by atoms with E-state index < -0.39 is 0 Å². The van der Waals surface area contributed by atoms with E-state index in [0.717, 1.165) is 21.9 Å². The molecule has 0 heterocycles. The lowest BCUT2D eigenvalue weighted by Gasteiger charge is -2.09. The van der Waals surface area contributed by atoms with Gasteiger partial charge in [-0.25, -0.2) is 0 Å². The molecule has 0 spiro atoms. The summed E-state index contributed by atoms with van der Waals surface area (Å²) in [6, 6.07) is 15.5. The molecule has 0 unspecified atom stereocenters. The van der Waals surface area contributed by atoms with E-state index >= 15 is 0 Å². The van der Waals surface area contributed by atoms with Gasteiger partial charge in [-0.2, -0.15) is 0 Å². The molecule has 20 heavy (non-hydrogen) atoms. The zero-order valence-corrected chi connectivity index (χ0v) is 10.7. The van der Waals surface area contributed by atoms with Crippen LogP contribution in [-0.2, 0) is 6.42 Å². The molecule has 0 fully saturated rings. The first-order chi connectivity index (χ1) is 9.63. The Hall–Kier alpha value is -2.68. The van der Waals surface area contributed by atoms with Crippen molar-refractivity contribution in [2.75, 3.05) is 0 Å². The molecule has 0 bridgehead atoms. The summed E-state index contributed by atoms with van der Waals surface area (Å²) < 4.78 is 0. The van der Waals surface area contributed by atoms with Crippen LogP contribution in [0.3, 0.4) is 0 Å². The van der Waals surface area contributed by atoms with Crippen molar-refractivity contribution in [1.29, 1.82) is 0 Å². The Morgan fingerprint density at radius 3 is 2.10 bits per heavy atom. The second-order valence-corrected chi connectivity index (χ2v) is 4.82. The van der Waals surface area contributed by atoms with Gasteiger partial charge < -0.3 is 15.3 Å². The molecule has 0 atom stereocenters. The SMILES string of the molecule is Oc1ccc(Cc2ccc(O)c3ccc(O)cc23)cc1. The highest BCUT2D eigenvalue weighted by Crippen LogP contribution is 2.31. The van der Waals surface area contributed by atoms with Crippen molar-refractivity contribution in [3.05, 3.63) is 65.7 Å². The first kappa shape index (κ1) is 12.4. The number of hydrogen-bond donors (Lipinski definition) is 3. The van der Waals surface area contributed by atoms with Crippen molar-refractivity contribution < 1.29 is 15.3 Å². The second-order valence-electron chi connectivity index (χ2n) is 4.82. The van der Waals surface area contributed by atoms with E-state index in [4.69, 9.17) is 0 Å². The molecule has 0 saturated heterocycles. The van der Waals surface area contributed by atoms with E-state index in [2.05, 4.69) is 0 Å². The number of aromatic hydroxyl groups is 3. The van der Waals surface area contributed by atoms with E-state index in [-0.39, 0.29) is 17.2 Å². The molecule has 0 aliphatic carbocycles. The topological polar surface area (TPSA) is 60.7 Å². The van der Waals surface area contributed by atoms with Gasteiger partial charge in [0.1, 0.15) is 17.2 Å². The van der Waals surface area contributed by atoms with Crippen molar-refractivity contribution in [3.8, 4) is 17.2 Å². The fourth-order valence-electron chi connectivity index (χ4n) is 2.37. The van der Waals surface area contributed by atoms with Crippen LogP contribution < -0.4 is 0 Å². The summed E-state index contributed by atoms with van der Waals surface area (Å²) in [4.78, 5) is 0. The standard InChI is InChI=1S/C17H14O3/c18-13-4-1-11(2-5-13)9-12-3-8-17(20)15-7-6-14(19)10-16(12)15/h1-8,10,18-20H,9H2. The Kier molecular flexibility index (Phi) is 2.95. The molecule has 0 saturated carbocycles. The predicted molar refractivity (Wildman–Crippen MR) is 78.2 cm³/mol. The van der Waals surface area contributed by atoms with Gasteiger partial charge in [-0.1, -0.05) is 18.2 Å². The Bertz CT molecular complexity index is 761. The van der Waals surface area contributed by atoms with Gasteiger partial charge in [-0.05, 0) is 59.3 Å². The van der Waals surface area contributed by atoms with E-state index in [9.17, 15) is 15.3 Å². The van der Waals surface area contributed by atoms with Crippen molar-refractivity contribution in [1.82, 2.24) is 0 Å². The van der Waals surface area contributed by atoms with E-state index in [1.165, 1.54) is 0 Å². The summed E-state index contributed by atoms with van der Waals surface area (Å²) in [5.74, 6) is 0.617. The molecule has 0 radical (unpaired) electrons. The van der Waals surface area contributed by atoms with Gasteiger partial charge in [-0.3, -0.25) is 0 Å². The quantitative estimate of drug-likeness (QED) is 0.664. The largest absolute Gasteiger partial charge is 0.508 e. The molecular formula is C17H14O3. The minimum atomic E-state index is 0.176. The number of phenols is 3. The van der Waals surface area contributed by atoms with Crippen molar-refractivity contribution in [2.45, 2.75) is 6.42 Å². The van der Waals surface area contributed by atoms with Crippen LogP contribution in [0.2, 0.25) is 0 Å². The summed E-state index contributed by atoms with van der Waals surface area (Å²) in [6.07, 6.45) is 0.667. The number of rotatable bonds is 2. The first-order valence-corrected chi connectivity index (χ1v) is 6.35. The second kappa shape index (κ2) is 4.78. The maximum atomic E-state index is 9.87. The summed E-state index contributed by atoms with van der Waals surface area (Å²) in [5.41, 5.74) is 2.07. The molecule has 0 aliphatic rings. The first-order valence-electron chi connectivity index (χ1n) is 6.35.